The summed E-state index contributed by atoms with van der Waals surface area (Å²) < 4.78 is 74.1. The Bertz CT molecular complexity index is 1060. The second-order valence-electron chi connectivity index (χ2n) is 6.07. The second kappa shape index (κ2) is 8.51. The Morgan fingerprint density at radius 1 is 1.07 bits per heavy atom. The van der Waals surface area contributed by atoms with Crippen LogP contribution in [0.3, 0.4) is 0 Å². The molecule has 0 unspecified atom stereocenters. The predicted molar refractivity (Wildman–Crippen MR) is 95.1 cm³/mol. The smallest absolute Gasteiger partial charge is 0.422 e. The monoisotopic (exact) mass is 430 g/mol. The Balaban J connectivity index is 1.97. The summed E-state index contributed by atoms with van der Waals surface area (Å²) in [6.07, 6.45) is -5.70. The maximum Gasteiger partial charge on any atom is 0.422 e. The summed E-state index contributed by atoms with van der Waals surface area (Å²) in [5.74, 6) is -0.0859. The predicted octanol–water partition coefficient (Wildman–Crippen LogP) is 3.22. The summed E-state index contributed by atoms with van der Waals surface area (Å²) in [7, 11) is 1.65. The van der Waals surface area contributed by atoms with Crippen molar-refractivity contribution in [3.8, 4) is 28.8 Å². The Morgan fingerprint density at radius 3 is 2.33 bits per heavy atom. The molecule has 160 valence electrons. The van der Waals surface area contributed by atoms with Crippen LogP contribution < -0.4 is 15.0 Å². The SMILES string of the molecule is Cn1ccc(-c2cc(=O)n(-c3ccc(OCC(F)(F)F)cc3)c(OCC(F)F)n2)n1. The van der Waals surface area contributed by atoms with E-state index in [9.17, 15) is 26.7 Å². The van der Waals surface area contributed by atoms with Crippen molar-refractivity contribution in [2.45, 2.75) is 12.6 Å². The van der Waals surface area contributed by atoms with Crippen LogP contribution in [0.1, 0.15) is 0 Å². The molecule has 0 aliphatic carbocycles. The number of alkyl halides is 5. The topological polar surface area (TPSA) is 71.2 Å². The van der Waals surface area contributed by atoms with Gasteiger partial charge < -0.3 is 9.47 Å². The molecular weight excluding hydrogens is 415 g/mol. The molecule has 0 bridgehead atoms. The summed E-state index contributed by atoms with van der Waals surface area (Å²) in [4.78, 5) is 16.8. The third-order valence-corrected chi connectivity index (χ3v) is 3.70. The van der Waals surface area contributed by atoms with E-state index < -0.39 is 37.4 Å². The molecule has 7 nitrogen and oxygen atoms in total. The number of rotatable bonds is 7. The Labute approximate surface area is 166 Å². The molecule has 12 heteroatoms. The van der Waals surface area contributed by atoms with E-state index in [1.807, 2.05) is 0 Å². The van der Waals surface area contributed by atoms with Crippen LogP contribution in [0.4, 0.5) is 22.0 Å². The van der Waals surface area contributed by atoms with Crippen molar-refractivity contribution in [1.82, 2.24) is 19.3 Å². The fourth-order valence-corrected chi connectivity index (χ4v) is 2.47. The van der Waals surface area contributed by atoms with E-state index in [1.165, 1.54) is 28.9 Å². The molecule has 0 aliphatic heterocycles. The molecule has 0 spiro atoms. The molecular formula is C18H15F5N4O3. The van der Waals surface area contributed by atoms with Gasteiger partial charge in [0.05, 0.1) is 5.69 Å². The third-order valence-electron chi connectivity index (χ3n) is 3.70. The highest BCUT2D eigenvalue weighted by molar-refractivity contribution is 5.54. The van der Waals surface area contributed by atoms with Gasteiger partial charge in [0.25, 0.3) is 12.0 Å². The lowest BCUT2D eigenvalue weighted by atomic mass is 10.2. The molecule has 1 aromatic carbocycles. The lowest BCUT2D eigenvalue weighted by Gasteiger charge is -2.14. The van der Waals surface area contributed by atoms with E-state index in [1.54, 1.807) is 19.3 Å². The van der Waals surface area contributed by atoms with Crippen LogP contribution in [0.15, 0.2) is 47.4 Å². The fourth-order valence-electron chi connectivity index (χ4n) is 2.47. The number of aryl methyl sites for hydroxylation is 1. The van der Waals surface area contributed by atoms with Crippen LogP contribution >= 0.6 is 0 Å². The number of ether oxygens (including phenoxy) is 2. The highest BCUT2D eigenvalue weighted by Gasteiger charge is 2.28. The van der Waals surface area contributed by atoms with E-state index >= 15 is 0 Å². The molecule has 0 saturated carbocycles. The van der Waals surface area contributed by atoms with Gasteiger partial charge in [-0.2, -0.15) is 23.3 Å². The normalized spacial score (nSPS) is 11.7. The molecule has 3 aromatic rings. The van der Waals surface area contributed by atoms with Gasteiger partial charge in [-0.1, -0.05) is 0 Å². The van der Waals surface area contributed by atoms with E-state index in [0.717, 1.165) is 10.6 Å². The molecule has 0 N–H and O–H groups in total. The first-order chi connectivity index (χ1) is 14.1. The molecule has 0 atom stereocenters. The van der Waals surface area contributed by atoms with Crippen molar-refractivity contribution >= 4 is 0 Å². The molecule has 30 heavy (non-hydrogen) atoms. The van der Waals surface area contributed by atoms with E-state index in [2.05, 4.69) is 14.8 Å². The van der Waals surface area contributed by atoms with Gasteiger partial charge in [-0.15, -0.1) is 0 Å². The first-order valence-corrected chi connectivity index (χ1v) is 8.47. The van der Waals surface area contributed by atoms with E-state index in [0.29, 0.717) is 5.69 Å². The molecule has 2 heterocycles. The van der Waals surface area contributed by atoms with Gasteiger partial charge in [-0.25, -0.2) is 13.3 Å². The molecule has 0 radical (unpaired) electrons. The number of hydrogen-bond donors (Lipinski definition) is 0. The summed E-state index contributed by atoms with van der Waals surface area (Å²) >= 11 is 0. The third kappa shape index (κ3) is 5.33. The highest BCUT2D eigenvalue weighted by atomic mass is 19.4. The Hall–Kier alpha value is -3.44. The van der Waals surface area contributed by atoms with Crippen molar-refractivity contribution < 1.29 is 31.4 Å². The largest absolute Gasteiger partial charge is 0.484 e. The summed E-state index contributed by atoms with van der Waals surface area (Å²) in [5.41, 5.74) is -0.0617. The minimum absolute atomic E-state index is 0.0859. The van der Waals surface area contributed by atoms with Crippen molar-refractivity contribution in [1.29, 1.82) is 0 Å². The first kappa shape index (κ1) is 21.3. The Morgan fingerprint density at radius 2 is 1.77 bits per heavy atom. The van der Waals surface area contributed by atoms with Crippen LogP contribution in [0.5, 0.6) is 11.8 Å². The highest BCUT2D eigenvalue weighted by Crippen LogP contribution is 2.23. The zero-order valence-corrected chi connectivity index (χ0v) is 15.4. The van der Waals surface area contributed by atoms with Crippen molar-refractivity contribution in [3.63, 3.8) is 0 Å². The van der Waals surface area contributed by atoms with Gasteiger partial charge in [0, 0.05) is 19.3 Å². The van der Waals surface area contributed by atoms with Gasteiger partial charge in [0.15, 0.2) is 13.2 Å². The molecule has 3 rings (SSSR count). The van der Waals surface area contributed by atoms with E-state index in [-0.39, 0.29) is 17.1 Å². The van der Waals surface area contributed by atoms with E-state index in [4.69, 9.17) is 4.74 Å². The maximum atomic E-state index is 12.7. The standard InChI is InChI=1S/C18H15F5N4O3/c1-26-7-6-13(25-26)14-8-16(28)27(17(24-14)29-9-15(19)20)11-2-4-12(5-3-11)30-10-18(21,22)23/h2-8,15H,9-10H2,1H3. The van der Waals surface area contributed by atoms with Crippen LogP contribution in [-0.4, -0.2) is 45.1 Å². The number of halogens is 5. The van der Waals surface area contributed by atoms with Crippen LogP contribution in [0.25, 0.3) is 17.1 Å². The first-order valence-electron chi connectivity index (χ1n) is 8.47. The molecule has 0 saturated heterocycles. The van der Waals surface area contributed by atoms with Gasteiger partial charge in [0.1, 0.15) is 17.1 Å². The summed E-state index contributed by atoms with van der Waals surface area (Å²) in [5, 5.41) is 4.11. The fraction of sp³-hybridized carbons (Fsp3) is 0.278. The zero-order chi connectivity index (χ0) is 21.9. The van der Waals surface area contributed by atoms with Gasteiger partial charge in [-0.3, -0.25) is 9.48 Å². The Kier molecular flexibility index (Phi) is 6.04. The lowest BCUT2D eigenvalue weighted by molar-refractivity contribution is -0.153. The number of hydrogen-bond acceptors (Lipinski definition) is 5. The number of nitrogens with zero attached hydrogens (tertiary/aromatic N) is 4. The second-order valence-corrected chi connectivity index (χ2v) is 6.07. The van der Waals surface area contributed by atoms with Crippen LogP contribution in [-0.2, 0) is 7.05 Å². The van der Waals surface area contributed by atoms with Crippen molar-refractivity contribution in [2.75, 3.05) is 13.2 Å². The quantitative estimate of drug-likeness (QED) is 0.539. The average molecular weight is 430 g/mol. The minimum Gasteiger partial charge on any atom is -0.484 e. The summed E-state index contributed by atoms with van der Waals surface area (Å²) in [6, 6.07) is 7.29. The molecule has 0 fully saturated rings. The molecule has 2 aromatic heterocycles. The van der Waals surface area contributed by atoms with Crippen LogP contribution in [0.2, 0.25) is 0 Å². The number of benzene rings is 1. The van der Waals surface area contributed by atoms with Gasteiger partial charge in [0.2, 0.25) is 0 Å². The number of aromatic nitrogens is 4. The van der Waals surface area contributed by atoms with Gasteiger partial charge in [-0.05, 0) is 30.3 Å². The average Bonchev–Trinajstić information content (AvgIpc) is 3.11. The van der Waals surface area contributed by atoms with Crippen molar-refractivity contribution in [2.24, 2.45) is 7.05 Å². The van der Waals surface area contributed by atoms with Crippen molar-refractivity contribution in [3.05, 3.63) is 52.9 Å². The van der Waals surface area contributed by atoms with Gasteiger partial charge >= 0.3 is 12.2 Å². The maximum absolute atomic E-state index is 12.7. The molecule has 0 amide bonds. The minimum atomic E-state index is -4.50. The summed E-state index contributed by atoms with van der Waals surface area (Å²) in [6.45, 7) is -2.49. The lowest BCUT2D eigenvalue weighted by Crippen LogP contribution is -2.23. The zero-order valence-electron chi connectivity index (χ0n) is 15.4. The van der Waals surface area contributed by atoms with Crippen LogP contribution in [0, 0.1) is 0 Å². The molecule has 0 aliphatic rings.